The second kappa shape index (κ2) is 5.03. The van der Waals surface area contributed by atoms with Gasteiger partial charge in [0.2, 0.25) is 0 Å². The van der Waals surface area contributed by atoms with Gasteiger partial charge in [0.25, 0.3) is 5.91 Å². The lowest BCUT2D eigenvalue weighted by atomic mass is 10.2. The third-order valence-electron chi connectivity index (χ3n) is 2.55. The predicted octanol–water partition coefficient (Wildman–Crippen LogP) is 2.10. The highest BCUT2D eigenvalue weighted by Crippen LogP contribution is 2.14. The SMILES string of the molecule is CC(C)n1cc(NC(=O)C2=CCCCO2)cn1. The fourth-order valence-corrected chi connectivity index (χ4v) is 1.59. The predicted molar refractivity (Wildman–Crippen MR) is 64.5 cm³/mol. The van der Waals surface area contributed by atoms with Crippen LogP contribution in [0.5, 0.6) is 0 Å². The van der Waals surface area contributed by atoms with Crippen molar-refractivity contribution < 1.29 is 9.53 Å². The van der Waals surface area contributed by atoms with Crippen LogP contribution in [0.2, 0.25) is 0 Å². The van der Waals surface area contributed by atoms with Crippen LogP contribution in [0.1, 0.15) is 32.7 Å². The number of allylic oxidation sites excluding steroid dienone is 1. The highest BCUT2D eigenvalue weighted by atomic mass is 16.5. The van der Waals surface area contributed by atoms with Gasteiger partial charge in [-0.1, -0.05) is 0 Å². The quantitative estimate of drug-likeness (QED) is 0.872. The summed E-state index contributed by atoms with van der Waals surface area (Å²) < 4.78 is 7.09. The van der Waals surface area contributed by atoms with Gasteiger partial charge >= 0.3 is 0 Å². The summed E-state index contributed by atoms with van der Waals surface area (Å²) in [5, 5.41) is 6.93. The number of ether oxygens (including phenoxy) is 1. The number of aromatic nitrogens is 2. The number of nitrogens with one attached hydrogen (secondary N) is 1. The molecule has 0 aliphatic carbocycles. The van der Waals surface area contributed by atoms with Gasteiger partial charge in [-0.05, 0) is 32.8 Å². The third kappa shape index (κ3) is 2.87. The summed E-state index contributed by atoms with van der Waals surface area (Å²) in [6.07, 6.45) is 7.15. The molecule has 1 N–H and O–H groups in total. The van der Waals surface area contributed by atoms with E-state index in [1.165, 1.54) is 0 Å². The summed E-state index contributed by atoms with van der Waals surface area (Å²) in [6.45, 7) is 4.68. The van der Waals surface area contributed by atoms with Crippen molar-refractivity contribution in [3.8, 4) is 0 Å². The smallest absolute Gasteiger partial charge is 0.290 e. The van der Waals surface area contributed by atoms with Crippen LogP contribution in [0, 0.1) is 0 Å². The summed E-state index contributed by atoms with van der Waals surface area (Å²) in [5.41, 5.74) is 0.693. The van der Waals surface area contributed by atoms with Crippen LogP contribution in [0.15, 0.2) is 24.2 Å². The number of amides is 1. The maximum absolute atomic E-state index is 11.8. The van der Waals surface area contributed by atoms with Crippen molar-refractivity contribution >= 4 is 11.6 Å². The molecule has 1 amide bonds. The zero-order valence-electron chi connectivity index (χ0n) is 10.1. The van der Waals surface area contributed by atoms with Crippen molar-refractivity contribution in [2.45, 2.75) is 32.7 Å². The fourth-order valence-electron chi connectivity index (χ4n) is 1.59. The van der Waals surface area contributed by atoms with E-state index in [0.717, 1.165) is 12.8 Å². The number of hydrogen-bond acceptors (Lipinski definition) is 3. The second-order valence-electron chi connectivity index (χ2n) is 4.32. The minimum atomic E-state index is -0.201. The molecule has 1 aromatic heterocycles. The number of carbonyl (C=O) groups excluding carboxylic acids is 1. The molecule has 5 nitrogen and oxygen atoms in total. The Bertz CT molecular complexity index is 435. The molecule has 1 aromatic rings. The Hall–Kier alpha value is -1.78. The summed E-state index contributed by atoms with van der Waals surface area (Å²) in [6, 6.07) is 0.283. The van der Waals surface area contributed by atoms with E-state index in [1.54, 1.807) is 10.9 Å². The third-order valence-corrected chi connectivity index (χ3v) is 2.55. The Morgan fingerprint density at radius 3 is 3.00 bits per heavy atom. The highest BCUT2D eigenvalue weighted by Gasteiger charge is 2.14. The van der Waals surface area contributed by atoms with E-state index in [2.05, 4.69) is 10.4 Å². The zero-order valence-corrected chi connectivity index (χ0v) is 10.1. The molecule has 0 saturated heterocycles. The van der Waals surface area contributed by atoms with Crippen LogP contribution in [0.3, 0.4) is 0 Å². The average molecular weight is 235 g/mol. The molecule has 92 valence electrons. The Kier molecular flexibility index (Phi) is 3.46. The normalized spacial score (nSPS) is 15.4. The first-order valence-corrected chi connectivity index (χ1v) is 5.85. The lowest BCUT2D eigenvalue weighted by Gasteiger charge is -2.13. The van der Waals surface area contributed by atoms with Gasteiger partial charge in [-0.15, -0.1) is 0 Å². The minimum Gasteiger partial charge on any atom is -0.488 e. The Morgan fingerprint density at radius 2 is 2.41 bits per heavy atom. The van der Waals surface area contributed by atoms with Gasteiger partial charge in [-0.25, -0.2) is 0 Å². The minimum absolute atomic E-state index is 0.201. The second-order valence-corrected chi connectivity index (χ2v) is 4.32. The van der Waals surface area contributed by atoms with Gasteiger partial charge in [-0.3, -0.25) is 9.48 Å². The Balaban J connectivity index is 2.00. The molecule has 0 spiro atoms. The topological polar surface area (TPSA) is 56.2 Å². The number of carbonyl (C=O) groups is 1. The Morgan fingerprint density at radius 1 is 1.59 bits per heavy atom. The van der Waals surface area contributed by atoms with Crippen molar-refractivity contribution in [2.24, 2.45) is 0 Å². The molecule has 0 atom stereocenters. The van der Waals surface area contributed by atoms with E-state index in [0.29, 0.717) is 18.1 Å². The molecule has 0 fully saturated rings. The lowest BCUT2D eigenvalue weighted by Crippen LogP contribution is -2.18. The molecule has 0 radical (unpaired) electrons. The summed E-state index contributed by atoms with van der Waals surface area (Å²) in [7, 11) is 0. The lowest BCUT2D eigenvalue weighted by molar-refractivity contribution is -0.116. The van der Waals surface area contributed by atoms with Crippen LogP contribution in [0.25, 0.3) is 0 Å². The molecular weight excluding hydrogens is 218 g/mol. The maximum atomic E-state index is 11.8. The van der Waals surface area contributed by atoms with Crippen molar-refractivity contribution in [3.05, 3.63) is 24.2 Å². The van der Waals surface area contributed by atoms with Gasteiger partial charge in [-0.2, -0.15) is 5.10 Å². The first-order valence-electron chi connectivity index (χ1n) is 5.85. The largest absolute Gasteiger partial charge is 0.488 e. The standard InChI is InChI=1S/C12H17N3O2/c1-9(2)15-8-10(7-13-15)14-12(16)11-5-3-4-6-17-11/h5,7-9H,3-4,6H2,1-2H3,(H,14,16). The number of anilines is 1. The van der Waals surface area contributed by atoms with Crippen LogP contribution in [0.4, 0.5) is 5.69 Å². The van der Waals surface area contributed by atoms with Gasteiger partial charge in [0.05, 0.1) is 18.5 Å². The van der Waals surface area contributed by atoms with E-state index in [-0.39, 0.29) is 11.9 Å². The summed E-state index contributed by atoms with van der Waals surface area (Å²) in [5.74, 6) is 0.210. The zero-order chi connectivity index (χ0) is 12.3. The molecular formula is C12H17N3O2. The molecule has 2 heterocycles. The van der Waals surface area contributed by atoms with E-state index in [9.17, 15) is 4.79 Å². The molecule has 17 heavy (non-hydrogen) atoms. The first-order chi connectivity index (χ1) is 8.16. The van der Waals surface area contributed by atoms with Gasteiger partial charge in [0.15, 0.2) is 5.76 Å². The highest BCUT2D eigenvalue weighted by molar-refractivity contribution is 6.02. The van der Waals surface area contributed by atoms with E-state index in [1.807, 2.05) is 26.1 Å². The van der Waals surface area contributed by atoms with Crippen molar-refractivity contribution in [1.29, 1.82) is 0 Å². The molecule has 2 rings (SSSR count). The summed E-state index contributed by atoms with van der Waals surface area (Å²) >= 11 is 0. The van der Waals surface area contributed by atoms with Crippen LogP contribution in [-0.4, -0.2) is 22.3 Å². The maximum Gasteiger partial charge on any atom is 0.290 e. The molecule has 5 heteroatoms. The number of hydrogen-bond donors (Lipinski definition) is 1. The van der Waals surface area contributed by atoms with Gasteiger partial charge in [0, 0.05) is 12.2 Å². The van der Waals surface area contributed by atoms with Crippen LogP contribution < -0.4 is 5.32 Å². The Labute approximate surface area is 100 Å². The molecule has 0 bridgehead atoms. The van der Waals surface area contributed by atoms with Crippen LogP contribution >= 0.6 is 0 Å². The molecule has 0 aromatic carbocycles. The number of rotatable bonds is 3. The number of nitrogens with zero attached hydrogens (tertiary/aromatic N) is 2. The average Bonchev–Trinajstić information content (AvgIpc) is 2.79. The van der Waals surface area contributed by atoms with E-state index >= 15 is 0 Å². The first kappa shape index (κ1) is 11.7. The molecule has 1 aliphatic rings. The van der Waals surface area contributed by atoms with Crippen molar-refractivity contribution in [2.75, 3.05) is 11.9 Å². The summed E-state index contributed by atoms with van der Waals surface area (Å²) in [4.78, 5) is 11.8. The van der Waals surface area contributed by atoms with E-state index in [4.69, 9.17) is 4.74 Å². The fraction of sp³-hybridized carbons (Fsp3) is 0.500. The van der Waals surface area contributed by atoms with Gasteiger partial charge in [0.1, 0.15) is 0 Å². The van der Waals surface area contributed by atoms with Crippen molar-refractivity contribution in [3.63, 3.8) is 0 Å². The van der Waals surface area contributed by atoms with Gasteiger partial charge < -0.3 is 10.1 Å². The van der Waals surface area contributed by atoms with Crippen molar-refractivity contribution in [1.82, 2.24) is 9.78 Å². The van der Waals surface area contributed by atoms with E-state index < -0.39 is 0 Å². The van der Waals surface area contributed by atoms with Crippen LogP contribution in [-0.2, 0) is 9.53 Å². The molecule has 1 aliphatic heterocycles. The molecule has 0 unspecified atom stereocenters. The molecule has 0 saturated carbocycles. The monoisotopic (exact) mass is 235 g/mol.